The summed E-state index contributed by atoms with van der Waals surface area (Å²) in [5.41, 5.74) is 1.87. The Morgan fingerprint density at radius 3 is 2.57 bits per heavy atom. The summed E-state index contributed by atoms with van der Waals surface area (Å²) in [6, 6.07) is 17.8. The largest absolute Gasteiger partial charge is 0.330 e. The number of hydrogen-bond donors (Lipinski definition) is 3. The molecule has 0 aliphatic carbocycles. The van der Waals surface area contributed by atoms with Crippen molar-refractivity contribution in [2.45, 2.75) is 26.1 Å². The van der Waals surface area contributed by atoms with E-state index < -0.39 is 5.69 Å². The second-order valence-corrected chi connectivity index (χ2v) is 7.49. The van der Waals surface area contributed by atoms with E-state index in [1.165, 1.54) is 10.5 Å². The Balaban J connectivity index is 1.68. The molecule has 6 nitrogen and oxygen atoms in total. The first kappa shape index (κ1) is 18.5. The number of halogens is 1. The van der Waals surface area contributed by atoms with Gasteiger partial charge < -0.3 is 10.2 Å². The summed E-state index contributed by atoms with van der Waals surface area (Å²) in [5, 5.41) is 3.91. The second-order valence-electron chi connectivity index (χ2n) is 7.08. The minimum absolute atomic E-state index is 0.213. The van der Waals surface area contributed by atoms with Crippen molar-refractivity contribution in [2.24, 2.45) is 0 Å². The Morgan fingerprint density at radius 2 is 1.82 bits per heavy atom. The zero-order chi connectivity index (χ0) is 19.7. The minimum Gasteiger partial charge on any atom is -0.324 e. The van der Waals surface area contributed by atoms with Crippen LogP contribution < -0.4 is 21.5 Å². The fourth-order valence-electron chi connectivity index (χ4n) is 3.70. The quantitative estimate of drug-likeness (QED) is 0.628. The van der Waals surface area contributed by atoms with Gasteiger partial charge >= 0.3 is 5.69 Å². The molecule has 3 N–H and O–H groups in total. The van der Waals surface area contributed by atoms with Crippen LogP contribution in [0.1, 0.15) is 29.7 Å². The van der Waals surface area contributed by atoms with Gasteiger partial charge in [0.25, 0.3) is 5.56 Å². The fraction of sp³-hybridized carbons (Fsp3) is 0.238. The van der Waals surface area contributed by atoms with Crippen LogP contribution in [0.2, 0.25) is 5.02 Å². The maximum atomic E-state index is 12.5. The summed E-state index contributed by atoms with van der Waals surface area (Å²) < 4.78 is 1.56. The number of quaternary nitrogens is 1. The van der Waals surface area contributed by atoms with Crippen molar-refractivity contribution in [3.8, 4) is 0 Å². The van der Waals surface area contributed by atoms with Gasteiger partial charge in [-0.1, -0.05) is 60.1 Å². The zero-order valence-corrected chi connectivity index (χ0v) is 16.3. The molecule has 1 aliphatic rings. The molecule has 1 aromatic heterocycles. The lowest BCUT2D eigenvalue weighted by Crippen LogP contribution is -3.12. The number of aromatic nitrogens is 2. The Kier molecular flexibility index (Phi) is 5.07. The van der Waals surface area contributed by atoms with E-state index in [-0.39, 0.29) is 11.6 Å². The summed E-state index contributed by atoms with van der Waals surface area (Å²) in [4.78, 5) is 28.7. The Morgan fingerprint density at radius 1 is 1.11 bits per heavy atom. The number of aromatic amines is 1. The van der Waals surface area contributed by atoms with Gasteiger partial charge in [-0.2, -0.15) is 0 Å². The number of nitrogens with zero attached hydrogens (tertiary/aromatic N) is 1. The second kappa shape index (κ2) is 7.66. The molecule has 4 rings (SSSR count). The number of benzene rings is 2. The molecular weight excluding hydrogens is 376 g/mol. The zero-order valence-electron chi connectivity index (χ0n) is 15.5. The standard InChI is InChI=1S/C21H21ClN4O2/c1-14(15-7-3-2-4-8-15)25-12-17-19(23-13-25)26(21(28)24-20(17)27)11-16-9-5-6-10-18(16)22/h2-10,14,23H,11-13H2,1H3,(H,24,27,28)/p+1/t14-/m0/s1. The smallest absolute Gasteiger partial charge is 0.324 e. The molecular formula is C21H22ClN4O2+. The predicted octanol–water partition coefficient (Wildman–Crippen LogP) is 1.77. The average molecular weight is 398 g/mol. The molecule has 7 heteroatoms. The lowest BCUT2D eigenvalue weighted by molar-refractivity contribution is -0.941. The molecule has 0 fully saturated rings. The highest BCUT2D eigenvalue weighted by Gasteiger charge is 2.29. The van der Waals surface area contributed by atoms with Crippen molar-refractivity contribution in [2.75, 3.05) is 12.0 Å². The van der Waals surface area contributed by atoms with Crippen molar-refractivity contribution >= 4 is 17.4 Å². The lowest BCUT2D eigenvalue weighted by Gasteiger charge is -2.32. The number of fused-ring (bicyclic) bond motifs is 1. The summed E-state index contributed by atoms with van der Waals surface area (Å²) in [6.45, 7) is 3.60. The Labute approximate surface area is 167 Å². The molecule has 144 valence electrons. The number of H-pyrrole nitrogens is 1. The van der Waals surface area contributed by atoms with E-state index in [0.29, 0.717) is 36.2 Å². The van der Waals surface area contributed by atoms with Crippen molar-refractivity contribution < 1.29 is 4.90 Å². The van der Waals surface area contributed by atoms with E-state index >= 15 is 0 Å². The first-order valence-corrected chi connectivity index (χ1v) is 9.65. The van der Waals surface area contributed by atoms with E-state index in [9.17, 15) is 9.59 Å². The normalized spacial score (nSPS) is 16.9. The van der Waals surface area contributed by atoms with E-state index in [0.717, 1.165) is 5.56 Å². The maximum absolute atomic E-state index is 12.5. The van der Waals surface area contributed by atoms with Gasteiger partial charge in [0.15, 0.2) is 6.67 Å². The van der Waals surface area contributed by atoms with Gasteiger partial charge in [-0.3, -0.25) is 14.3 Å². The topological polar surface area (TPSA) is 71.3 Å². The fourth-order valence-corrected chi connectivity index (χ4v) is 3.89. The van der Waals surface area contributed by atoms with Crippen molar-refractivity contribution in [3.05, 3.63) is 97.1 Å². The molecule has 3 aromatic rings. The number of anilines is 1. The van der Waals surface area contributed by atoms with E-state index in [1.54, 1.807) is 10.6 Å². The number of rotatable bonds is 4. The molecule has 0 saturated heterocycles. The van der Waals surface area contributed by atoms with Gasteiger partial charge in [0.2, 0.25) is 0 Å². The van der Waals surface area contributed by atoms with Gasteiger partial charge in [0.1, 0.15) is 24.0 Å². The number of nitrogens with one attached hydrogen (secondary N) is 3. The van der Waals surface area contributed by atoms with Crippen LogP contribution in [-0.4, -0.2) is 16.2 Å². The molecule has 0 bridgehead atoms. The van der Waals surface area contributed by atoms with Crippen LogP contribution in [0.15, 0.2) is 64.2 Å². The first-order valence-electron chi connectivity index (χ1n) is 9.27. The molecule has 0 radical (unpaired) electrons. The van der Waals surface area contributed by atoms with Crippen LogP contribution >= 0.6 is 11.6 Å². The highest BCUT2D eigenvalue weighted by atomic mass is 35.5. The third-order valence-electron chi connectivity index (χ3n) is 5.38. The van der Waals surface area contributed by atoms with Gasteiger partial charge in [-0.15, -0.1) is 0 Å². The van der Waals surface area contributed by atoms with Gasteiger partial charge in [0, 0.05) is 10.6 Å². The van der Waals surface area contributed by atoms with Crippen LogP contribution in [0.3, 0.4) is 0 Å². The predicted molar refractivity (Wildman–Crippen MR) is 110 cm³/mol. The van der Waals surface area contributed by atoms with Crippen LogP contribution in [0, 0.1) is 0 Å². The molecule has 2 heterocycles. The SMILES string of the molecule is C[C@@H](c1ccccc1)[NH+]1CNc2c(c(=O)[nH]c(=O)n2Cc2ccccc2Cl)C1. The van der Waals surface area contributed by atoms with Gasteiger partial charge in [-0.05, 0) is 18.6 Å². The lowest BCUT2D eigenvalue weighted by atomic mass is 10.1. The molecule has 2 aromatic carbocycles. The summed E-state index contributed by atoms with van der Waals surface area (Å²) >= 11 is 6.26. The molecule has 1 unspecified atom stereocenters. The van der Waals surface area contributed by atoms with Crippen molar-refractivity contribution in [1.82, 2.24) is 9.55 Å². The average Bonchev–Trinajstić information content (AvgIpc) is 2.72. The van der Waals surface area contributed by atoms with Crippen LogP contribution in [-0.2, 0) is 13.1 Å². The summed E-state index contributed by atoms with van der Waals surface area (Å²) in [5.74, 6) is 0.581. The third-order valence-corrected chi connectivity index (χ3v) is 5.75. The summed E-state index contributed by atoms with van der Waals surface area (Å²) in [7, 11) is 0. The summed E-state index contributed by atoms with van der Waals surface area (Å²) in [6.07, 6.45) is 0. The van der Waals surface area contributed by atoms with Gasteiger partial charge in [0.05, 0.1) is 6.54 Å². The highest BCUT2D eigenvalue weighted by molar-refractivity contribution is 6.31. The monoisotopic (exact) mass is 397 g/mol. The van der Waals surface area contributed by atoms with Crippen LogP contribution in [0.25, 0.3) is 0 Å². The third kappa shape index (κ3) is 3.48. The van der Waals surface area contributed by atoms with Crippen molar-refractivity contribution in [3.63, 3.8) is 0 Å². The van der Waals surface area contributed by atoms with E-state index in [2.05, 4.69) is 29.4 Å². The maximum Gasteiger partial charge on any atom is 0.330 e. The molecule has 2 atom stereocenters. The molecule has 1 aliphatic heterocycles. The van der Waals surface area contributed by atoms with E-state index in [4.69, 9.17) is 11.6 Å². The molecule has 0 amide bonds. The Hall–Kier alpha value is -2.83. The van der Waals surface area contributed by atoms with Crippen LogP contribution in [0.5, 0.6) is 0 Å². The van der Waals surface area contributed by atoms with Gasteiger partial charge in [-0.25, -0.2) is 4.79 Å². The van der Waals surface area contributed by atoms with Crippen LogP contribution in [0.4, 0.5) is 5.82 Å². The molecule has 0 saturated carbocycles. The van der Waals surface area contributed by atoms with Crippen molar-refractivity contribution in [1.29, 1.82) is 0 Å². The molecule has 0 spiro atoms. The molecule has 28 heavy (non-hydrogen) atoms. The first-order chi connectivity index (χ1) is 13.5. The minimum atomic E-state index is -0.435. The number of hydrogen-bond acceptors (Lipinski definition) is 3. The van der Waals surface area contributed by atoms with E-state index in [1.807, 2.05) is 36.4 Å². The Bertz CT molecular complexity index is 1110. The highest BCUT2D eigenvalue weighted by Crippen LogP contribution is 2.19.